The molecule has 0 unspecified atom stereocenters. The van der Waals surface area contributed by atoms with Crippen molar-refractivity contribution >= 4 is 11.6 Å². The van der Waals surface area contributed by atoms with Gasteiger partial charge < -0.3 is 15.2 Å². The average molecular weight is 181 g/mol. The van der Waals surface area contributed by atoms with Gasteiger partial charge in [0.1, 0.15) is 11.5 Å². The van der Waals surface area contributed by atoms with E-state index in [1.165, 1.54) is 26.2 Å². The van der Waals surface area contributed by atoms with Gasteiger partial charge in [-0.1, -0.05) is 0 Å². The first-order valence-electron chi connectivity index (χ1n) is 3.77. The van der Waals surface area contributed by atoms with Crippen molar-refractivity contribution < 1.29 is 14.6 Å². The molecule has 0 heterocycles. The Labute approximate surface area is 76.1 Å². The minimum atomic E-state index is -0.187. The maximum Gasteiger partial charge on any atom is 0.221 e. The van der Waals surface area contributed by atoms with Crippen molar-refractivity contribution in [2.75, 3.05) is 12.4 Å². The molecular formula is C9H11NO3. The molecule has 0 atom stereocenters. The maximum atomic E-state index is 10.7. The zero-order valence-corrected chi connectivity index (χ0v) is 7.50. The predicted molar refractivity (Wildman–Crippen MR) is 49.0 cm³/mol. The zero-order chi connectivity index (χ0) is 9.84. The van der Waals surface area contributed by atoms with Gasteiger partial charge in [0.05, 0.1) is 7.11 Å². The number of phenolic OH excluding ortho intramolecular Hbond substituents is 1. The number of nitrogens with one attached hydrogen (secondary N) is 1. The number of rotatable bonds is 2. The molecule has 0 aliphatic heterocycles. The van der Waals surface area contributed by atoms with Crippen molar-refractivity contribution in [2.45, 2.75) is 6.92 Å². The molecule has 0 aromatic heterocycles. The molecule has 4 heteroatoms. The van der Waals surface area contributed by atoms with E-state index < -0.39 is 0 Å². The molecule has 13 heavy (non-hydrogen) atoms. The lowest BCUT2D eigenvalue weighted by atomic mass is 10.3. The first-order chi connectivity index (χ1) is 6.11. The topological polar surface area (TPSA) is 58.6 Å². The number of aromatic hydroxyl groups is 1. The van der Waals surface area contributed by atoms with E-state index in [0.717, 1.165) is 0 Å². The van der Waals surface area contributed by atoms with Crippen LogP contribution in [0.3, 0.4) is 0 Å². The van der Waals surface area contributed by atoms with Crippen molar-refractivity contribution in [2.24, 2.45) is 0 Å². The van der Waals surface area contributed by atoms with Crippen LogP contribution in [0.25, 0.3) is 0 Å². The number of hydrogen-bond acceptors (Lipinski definition) is 3. The van der Waals surface area contributed by atoms with E-state index in [1.54, 1.807) is 6.07 Å². The van der Waals surface area contributed by atoms with Crippen LogP contribution in [0.15, 0.2) is 18.2 Å². The minimum absolute atomic E-state index is 0.0584. The Morgan fingerprint density at radius 2 is 2.15 bits per heavy atom. The first kappa shape index (κ1) is 9.38. The summed E-state index contributed by atoms with van der Waals surface area (Å²) in [4.78, 5) is 10.7. The van der Waals surface area contributed by atoms with Crippen LogP contribution >= 0.6 is 0 Å². The summed E-state index contributed by atoms with van der Waals surface area (Å²) in [6, 6.07) is 4.54. The van der Waals surface area contributed by atoms with E-state index in [1.807, 2.05) is 0 Å². The van der Waals surface area contributed by atoms with Crippen LogP contribution in [0.1, 0.15) is 6.92 Å². The van der Waals surface area contributed by atoms with Gasteiger partial charge in [0.25, 0.3) is 0 Å². The molecule has 1 aromatic carbocycles. The molecule has 0 spiro atoms. The van der Waals surface area contributed by atoms with Crippen LogP contribution < -0.4 is 10.1 Å². The van der Waals surface area contributed by atoms with Crippen molar-refractivity contribution in [3.05, 3.63) is 18.2 Å². The fourth-order valence-electron chi connectivity index (χ4n) is 0.977. The summed E-state index contributed by atoms with van der Waals surface area (Å²) in [5, 5.41) is 11.7. The second kappa shape index (κ2) is 3.80. The Morgan fingerprint density at radius 3 is 2.69 bits per heavy atom. The summed E-state index contributed by atoms with van der Waals surface area (Å²) in [7, 11) is 1.49. The van der Waals surface area contributed by atoms with E-state index in [0.29, 0.717) is 11.4 Å². The highest BCUT2D eigenvalue weighted by Gasteiger charge is 2.00. The number of benzene rings is 1. The third-order valence-electron chi connectivity index (χ3n) is 1.45. The Bertz CT molecular complexity index is 323. The van der Waals surface area contributed by atoms with Crippen LogP contribution in [0.2, 0.25) is 0 Å². The fourth-order valence-corrected chi connectivity index (χ4v) is 0.977. The Morgan fingerprint density at radius 1 is 1.46 bits per heavy atom. The lowest BCUT2D eigenvalue weighted by Crippen LogP contribution is -2.05. The van der Waals surface area contributed by atoms with Crippen molar-refractivity contribution in [1.29, 1.82) is 0 Å². The monoisotopic (exact) mass is 181 g/mol. The number of phenols is 1. The summed E-state index contributed by atoms with van der Waals surface area (Å²) in [6.45, 7) is 1.40. The van der Waals surface area contributed by atoms with Gasteiger partial charge in [-0.3, -0.25) is 4.79 Å². The number of carbonyl (C=O) groups is 1. The van der Waals surface area contributed by atoms with E-state index in [9.17, 15) is 9.90 Å². The van der Waals surface area contributed by atoms with E-state index in [-0.39, 0.29) is 11.7 Å². The van der Waals surface area contributed by atoms with Crippen molar-refractivity contribution in [3.63, 3.8) is 0 Å². The summed E-state index contributed by atoms with van der Waals surface area (Å²) in [6.07, 6.45) is 0. The third-order valence-corrected chi connectivity index (χ3v) is 1.45. The number of amides is 1. The Hall–Kier alpha value is -1.71. The molecule has 0 aliphatic rings. The van der Waals surface area contributed by atoms with Crippen molar-refractivity contribution in [3.8, 4) is 11.5 Å². The van der Waals surface area contributed by atoms with Gasteiger partial charge in [0, 0.05) is 30.8 Å². The van der Waals surface area contributed by atoms with Gasteiger partial charge in [-0.2, -0.15) is 0 Å². The van der Waals surface area contributed by atoms with Gasteiger partial charge in [0.2, 0.25) is 5.91 Å². The molecule has 0 saturated carbocycles. The van der Waals surface area contributed by atoms with Crippen LogP contribution in [-0.2, 0) is 4.79 Å². The van der Waals surface area contributed by atoms with E-state index >= 15 is 0 Å². The molecule has 0 saturated heterocycles. The summed E-state index contributed by atoms with van der Waals surface area (Å²) < 4.78 is 4.91. The van der Waals surface area contributed by atoms with Crippen LogP contribution in [-0.4, -0.2) is 18.1 Å². The standard InChI is InChI=1S/C9H11NO3/c1-6(11)10-7-3-8(12)5-9(4-7)13-2/h3-5,12H,1-2H3,(H,10,11). The first-order valence-corrected chi connectivity index (χ1v) is 3.77. The maximum absolute atomic E-state index is 10.7. The molecule has 2 N–H and O–H groups in total. The largest absolute Gasteiger partial charge is 0.508 e. The summed E-state index contributed by atoms with van der Waals surface area (Å²) in [5.74, 6) is 0.375. The Balaban J connectivity index is 2.94. The number of hydrogen-bond donors (Lipinski definition) is 2. The molecule has 1 rings (SSSR count). The average Bonchev–Trinajstić information content (AvgIpc) is 2.01. The quantitative estimate of drug-likeness (QED) is 0.724. The highest BCUT2D eigenvalue weighted by atomic mass is 16.5. The molecule has 0 aliphatic carbocycles. The highest BCUT2D eigenvalue weighted by Crippen LogP contribution is 2.24. The lowest BCUT2D eigenvalue weighted by molar-refractivity contribution is -0.114. The number of anilines is 1. The molecule has 70 valence electrons. The van der Waals surface area contributed by atoms with Gasteiger partial charge in [-0.05, 0) is 0 Å². The number of methoxy groups -OCH3 is 1. The smallest absolute Gasteiger partial charge is 0.221 e. The van der Waals surface area contributed by atoms with Crippen LogP contribution in [0.5, 0.6) is 11.5 Å². The summed E-state index contributed by atoms with van der Waals surface area (Å²) in [5.41, 5.74) is 0.518. The normalized spacial score (nSPS) is 9.38. The molecule has 4 nitrogen and oxygen atoms in total. The molecule has 1 aromatic rings. The van der Waals surface area contributed by atoms with Gasteiger partial charge in [-0.15, -0.1) is 0 Å². The van der Waals surface area contributed by atoms with E-state index in [4.69, 9.17) is 4.74 Å². The minimum Gasteiger partial charge on any atom is -0.508 e. The molecule has 0 fully saturated rings. The Kier molecular flexibility index (Phi) is 2.74. The molecule has 1 amide bonds. The van der Waals surface area contributed by atoms with Gasteiger partial charge >= 0.3 is 0 Å². The van der Waals surface area contributed by atoms with Gasteiger partial charge in [0.15, 0.2) is 0 Å². The van der Waals surface area contributed by atoms with Crippen LogP contribution in [0.4, 0.5) is 5.69 Å². The fraction of sp³-hybridized carbons (Fsp3) is 0.222. The molecule has 0 bridgehead atoms. The van der Waals surface area contributed by atoms with E-state index in [2.05, 4.69) is 5.32 Å². The molecule has 0 radical (unpaired) electrons. The molecular weight excluding hydrogens is 170 g/mol. The second-order valence-corrected chi connectivity index (χ2v) is 2.60. The second-order valence-electron chi connectivity index (χ2n) is 2.60. The highest BCUT2D eigenvalue weighted by molar-refractivity contribution is 5.89. The third kappa shape index (κ3) is 2.66. The number of ether oxygens (including phenoxy) is 1. The predicted octanol–water partition coefficient (Wildman–Crippen LogP) is 1.36. The van der Waals surface area contributed by atoms with Crippen LogP contribution in [0, 0.1) is 0 Å². The lowest BCUT2D eigenvalue weighted by Gasteiger charge is -2.05. The zero-order valence-electron chi connectivity index (χ0n) is 7.50. The van der Waals surface area contributed by atoms with Gasteiger partial charge in [-0.25, -0.2) is 0 Å². The SMILES string of the molecule is COc1cc(O)cc(NC(C)=O)c1. The number of carbonyl (C=O) groups excluding carboxylic acids is 1. The summed E-state index contributed by atoms with van der Waals surface area (Å²) >= 11 is 0. The van der Waals surface area contributed by atoms with Crippen molar-refractivity contribution in [1.82, 2.24) is 0 Å².